The molecule has 1 aromatic heterocycles. The fourth-order valence-corrected chi connectivity index (χ4v) is 3.36. The third-order valence-corrected chi connectivity index (χ3v) is 4.97. The van der Waals surface area contributed by atoms with E-state index in [0.717, 1.165) is 12.8 Å². The van der Waals surface area contributed by atoms with Crippen LogP contribution in [0.2, 0.25) is 0 Å². The van der Waals surface area contributed by atoms with Gasteiger partial charge in [0.1, 0.15) is 12.2 Å². The van der Waals surface area contributed by atoms with Crippen molar-refractivity contribution in [2.24, 2.45) is 11.7 Å². The van der Waals surface area contributed by atoms with Crippen LogP contribution in [0.4, 0.5) is 0 Å². The van der Waals surface area contributed by atoms with Crippen LogP contribution in [0.5, 0.6) is 0 Å². The Morgan fingerprint density at radius 1 is 1.47 bits per heavy atom. The molecule has 0 radical (unpaired) electrons. The molecule has 1 fully saturated rings. The average molecular weight is 288 g/mol. The zero-order valence-corrected chi connectivity index (χ0v) is 11.6. The van der Waals surface area contributed by atoms with Crippen molar-refractivity contribution in [2.45, 2.75) is 19.3 Å². The summed E-state index contributed by atoms with van der Waals surface area (Å²) in [6, 6.07) is 0. The lowest BCUT2D eigenvalue weighted by molar-refractivity contribution is 0.276. The number of aromatic amines is 1. The van der Waals surface area contributed by atoms with Crippen LogP contribution in [0.15, 0.2) is 6.33 Å². The highest BCUT2D eigenvalue weighted by atomic mass is 32.2. The summed E-state index contributed by atoms with van der Waals surface area (Å²) in [6.07, 6.45) is 3.57. The van der Waals surface area contributed by atoms with Crippen molar-refractivity contribution in [1.82, 2.24) is 24.2 Å². The van der Waals surface area contributed by atoms with Gasteiger partial charge in [-0.3, -0.25) is 5.10 Å². The summed E-state index contributed by atoms with van der Waals surface area (Å²) in [4.78, 5) is 3.94. The molecule has 0 unspecified atom stereocenters. The molecule has 0 bridgehead atoms. The van der Waals surface area contributed by atoms with Crippen LogP contribution < -0.4 is 10.5 Å². The molecule has 1 aliphatic rings. The smallest absolute Gasteiger partial charge is 0.279 e. The summed E-state index contributed by atoms with van der Waals surface area (Å²) >= 11 is 0. The van der Waals surface area contributed by atoms with Crippen LogP contribution in [0.3, 0.4) is 0 Å². The van der Waals surface area contributed by atoms with Crippen LogP contribution in [-0.2, 0) is 16.6 Å². The topological polar surface area (TPSA) is 117 Å². The molecule has 9 heteroatoms. The zero-order valence-electron chi connectivity index (χ0n) is 10.7. The molecule has 0 aromatic carbocycles. The van der Waals surface area contributed by atoms with E-state index in [4.69, 9.17) is 5.73 Å². The van der Waals surface area contributed by atoms with Gasteiger partial charge in [-0.25, -0.2) is 9.71 Å². The Labute approximate surface area is 113 Å². The first-order valence-corrected chi connectivity index (χ1v) is 7.85. The number of aromatic nitrogens is 3. The van der Waals surface area contributed by atoms with Crippen molar-refractivity contribution >= 4 is 10.2 Å². The van der Waals surface area contributed by atoms with E-state index in [-0.39, 0.29) is 0 Å². The van der Waals surface area contributed by atoms with Crippen LogP contribution in [0.25, 0.3) is 0 Å². The van der Waals surface area contributed by atoms with E-state index in [2.05, 4.69) is 19.9 Å². The number of hydrogen-bond donors (Lipinski definition) is 3. The highest BCUT2D eigenvalue weighted by Gasteiger charge is 2.26. The summed E-state index contributed by atoms with van der Waals surface area (Å²) in [5.41, 5.74) is 5.59. The fourth-order valence-electron chi connectivity index (χ4n) is 2.13. The molecule has 0 spiro atoms. The summed E-state index contributed by atoms with van der Waals surface area (Å²) < 4.78 is 28.2. The molecular formula is C10H20N6O2S. The molecule has 4 N–H and O–H groups in total. The molecule has 108 valence electrons. The molecule has 0 saturated carbocycles. The van der Waals surface area contributed by atoms with Gasteiger partial charge in [0.25, 0.3) is 10.2 Å². The Hall–Kier alpha value is -1.03. The molecule has 0 atom stereocenters. The van der Waals surface area contributed by atoms with Gasteiger partial charge in [-0.15, -0.1) is 0 Å². The first-order valence-electron chi connectivity index (χ1n) is 6.41. The van der Waals surface area contributed by atoms with Crippen molar-refractivity contribution in [2.75, 3.05) is 26.2 Å². The Bertz CT molecular complexity index is 466. The predicted octanol–water partition coefficient (Wildman–Crippen LogP) is -1.15. The fraction of sp³-hybridized carbons (Fsp3) is 0.800. The Balaban J connectivity index is 1.78. The van der Waals surface area contributed by atoms with Crippen LogP contribution in [0, 0.1) is 5.92 Å². The maximum Gasteiger partial charge on any atom is 0.279 e. The van der Waals surface area contributed by atoms with Crippen LogP contribution in [0.1, 0.15) is 18.7 Å². The summed E-state index contributed by atoms with van der Waals surface area (Å²) in [7, 11) is -3.39. The second kappa shape index (κ2) is 6.42. The molecule has 19 heavy (non-hydrogen) atoms. The van der Waals surface area contributed by atoms with E-state index < -0.39 is 10.2 Å². The average Bonchev–Trinajstić information content (AvgIpc) is 2.92. The third kappa shape index (κ3) is 3.96. The minimum absolute atomic E-state index is 0.314. The number of H-pyrrole nitrogens is 1. The molecule has 8 nitrogen and oxygen atoms in total. The van der Waals surface area contributed by atoms with Gasteiger partial charge in [0.05, 0.1) is 0 Å². The van der Waals surface area contributed by atoms with Gasteiger partial charge in [0.15, 0.2) is 0 Å². The number of nitrogens with zero attached hydrogens (tertiary/aromatic N) is 3. The van der Waals surface area contributed by atoms with E-state index in [1.807, 2.05) is 0 Å². The number of piperidine rings is 1. The summed E-state index contributed by atoms with van der Waals surface area (Å²) in [5, 5.41) is 6.40. The van der Waals surface area contributed by atoms with Gasteiger partial charge in [-0.1, -0.05) is 0 Å². The molecule has 0 amide bonds. The van der Waals surface area contributed by atoms with Crippen molar-refractivity contribution in [3.05, 3.63) is 12.2 Å². The highest BCUT2D eigenvalue weighted by molar-refractivity contribution is 7.87. The zero-order chi connectivity index (χ0) is 13.7. The monoisotopic (exact) mass is 288 g/mol. The maximum atomic E-state index is 12.0. The van der Waals surface area contributed by atoms with E-state index in [9.17, 15) is 8.42 Å². The van der Waals surface area contributed by atoms with E-state index in [1.165, 1.54) is 10.6 Å². The van der Waals surface area contributed by atoms with Crippen molar-refractivity contribution < 1.29 is 8.42 Å². The SMILES string of the molecule is NCC1CCN(S(=O)(=O)NCCc2ncn[nH]2)CC1. The minimum Gasteiger partial charge on any atom is -0.330 e. The highest BCUT2D eigenvalue weighted by Crippen LogP contribution is 2.17. The Morgan fingerprint density at radius 2 is 2.21 bits per heavy atom. The summed E-state index contributed by atoms with van der Waals surface area (Å²) in [6.45, 7) is 2.03. The van der Waals surface area contributed by atoms with Gasteiger partial charge in [0.2, 0.25) is 0 Å². The number of hydrogen-bond acceptors (Lipinski definition) is 5. The quantitative estimate of drug-likeness (QED) is 0.611. The lowest BCUT2D eigenvalue weighted by atomic mass is 9.99. The van der Waals surface area contributed by atoms with Crippen molar-refractivity contribution in [1.29, 1.82) is 0 Å². The van der Waals surface area contributed by atoms with Gasteiger partial charge >= 0.3 is 0 Å². The molecule has 0 aliphatic carbocycles. The second-order valence-corrected chi connectivity index (χ2v) is 6.41. The maximum absolute atomic E-state index is 12.0. The van der Waals surface area contributed by atoms with Crippen molar-refractivity contribution in [3.8, 4) is 0 Å². The first kappa shape index (κ1) is 14.4. The standard InChI is InChI=1S/C10H20N6O2S/c11-7-9-2-5-16(6-3-9)19(17,18)14-4-1-10-12-8-13-15-10/h8-9,14H,1-7,11H2,(H,12,13,15). The van der Waals surface area contributed by atoms with Gasteiger partial charge in [0, 0.05) is 26.1 Å². The molecule has 1 aliphatic heterocycles. The Kier molecular flexibility index (Phi) is 4.86. The number of nitrogens with one attached hydrogen (secondary N) is 2. The molecule has 1 saturated heterocycles. The van der Waals surface area contributed by atoms with E-state index >= 15 is 0 Å². The number of rotatable bonds is 6. The lowest BCUT2D eigenvalue weighted by Gasteiger charge is -2.30. The summed E-state index contributed by atoms with van der Waals surface area (Å²) in [5.74, 6) is 1.12. The normalized spacial score (nSPS) is 18.8. The Morgan fingerprint density at radius 3 is 2.79 bits per heavy atom. The molecular weight excluding hydrogens is 268 g/mol. The number of nitrogens with two attached hydrogens (primary N) is 1. The van der Waals surface area contributed by atoms with Crippen molar-refractivity contribution in [3.63, 3.8) is 0 Å². The lowest BCUT2D eigenvalue weighted by Crippen LogP contribution is -2.46. The first-order chi connectivity index (χ1) is 9.12. The van der Waals surface area contributed by atoms with Gasteiger partial charge in [-0.2, -0.15) is 17.8 Å². The minimum atomic E-state index is -3.39. The molecule has 2 heterocycles. The molecule has 1 aromatic rings. The van der Waals surface area contributed by atoms with Crippen LogP contribution in [-0.4, -0.2) is 54.1 Å². The van der Waals surface area contributed by atoms with Gasteiger partial charge in [-0.05, 0) is 25.3 Å². The second-order valence-electron chi connectivity index (χ2n) is 4.66. The predicted molar refractivity (Wildman–Crippen MR) is 70.4 cm³/mol. The largest absolute Gasteiger partial charge is 0.330 e. The van der Waals surface area contributed by atoms with E-state index in [0.29, 0.717) is 44.3 Å². The third-order valence-electron chi connectivity index (χ3n) is 3.36. The van der Waals surface area contributed by atoms with Gasteiger partial charge < -0.3 is 5.73 Å². The van der Waals surface area contributed by atoms with Crippen LogP contribution >= 0.6 is 0 Å². The van der Waals surface area contributed by atoms with E-state index in [1.54, 1.807) is 0 Å². The molecule has 2 rings (SSSR count).